The van der Waals surface area contributed by atoms with Crippen LogP contribution in [0.4, 0.5) is 13.2 Å². The topological polar surface area (TPSA) is 54.4 Å². The van der Waals surface area contributed by atoms with Crippen molar-refractivity contribution in [2.24, 2.45) is 0 Å². The average molecular weight is 238 g/mol. The Kier molecular flexibility index (Phi) is 2.87. The molecule has 0 aliphatic rings. The van der Waals surface area contributed by atoms with Gasteiger partial charge < -0.3 is 0 Å². The second-order valence-electron chi connectivity index (χ2n) is 2.58. The van der Waals surface area contributed by atoms with E-state index in [1.807, 2.05) is 0 Å². The van der Waals surface area contributed by atoms with Crippen LogP contribution in [0, 0.1) is 17.5 Å². The van der Waals surface area contributed by atoms with Gasteiger partial charge in [-0.05, 0) is 6.07 Å². The smallest absolute Gasteiger partial charge is 0.282 e. The fourth-order valence-electron chi connectivity index (χ4n) is 0.982. The van der Waals surface area contributed by atoms with Crippen LogP contribution in [0.25, 0.3) is 6.08 Å². The number of hydrogen-bond donors (Lipinski definition) is 1. The Morgan fingerprint density at radius 2 is 1.80 bits per heavy atom. The lowest BCUT2D eigenvalue weighted by atomic mass is 10.2. The van der Waals surface area contributed by atoms with Crippen LogP contribution in [0.2, 0.25) is 0 Å². The SMILES string of the molecule is C=Cc1cc(F)c(S(=O)(=O)O)c(F)c1F. The molecule has 0 aliphatic heterocycles. The molecule has 0 saturated carbocycles. The predicted octanol–water partition coefficient (Wildman–Crippen LogP) is 1.99. The fourth-order valence-corrected chi connectivity index (χ4v) is 1.60. The van der Waals surface area contributed by atoms with Crippen molar-refractivity contribution in [2.75, 3.05) is 0 Å². The summed E-state index contributed by atoms with van der Waals surface area (Å²) in [5.41, 5.74) is -0.530. The van der Waals surface area contributed by atoms with Crippen molar-refractivity contribution >= 4 is 16.2 Å². The van der Waals surface area contributed by atoms with Gasteiger partial charge >= 0.3 is 10.1 Å². The van der Waals surface area contributed by atoms with E-state index in [-0.39, 0.29) is 0 Å². The molecular weight excluding hydrogens is 233 g/mol. The quantitative estimate of drug-likeness (QED) is 0.633. The molecule has 0 aliphatic carbocycles. The lowest BCUT2D eigenvalue weighted by molar-refractivity contribution is 0.431. The van der Waals surface area contributed by atoms with Crippen LogP contribution in [0.5, 0.6) is 0 Å². The minimum Gasteiger partial charge on any atom is -0.282 e. The van der Waals surface area contributed by atoms with Crippen LogP contribution < -0.4 is 0 Å². The van der Waals surface area contributed by atoms with Gasteiger partial charge in [0.25, 0.3) is 0 Å². The van der Waals surface area contributed by atoms with E-state index in [0.29, 0.717) is 6.07 Å². The lowest BCUT2D eigenvalue weighted by Gasteiger charge is -2.04. The summed E-state index contributed by atoms with van der Waals surface area (Å²) in [7, 11) is -5.14. The molecule has 15 heavy (non-hydrogen) atoms. The van der Waals surface area contributed by atoms with E-state index in [2.05, 4.69) is 6.58 Å². The third-order valence-electron chi connectivity index (χ3n) is 1.62. The van der Waals surface area contributed by atoms with Crippen molar-refractivity contribution in [3.8, 4) is 0 Å². The number of rotatable bonds is 2. The van der Waals surface area contributed by atoms with Crippen LogP contribution in [-0.2, 0) is 10.1 Å². The second-order valence-corrected chi connectivity index (χ2v) is 3.94. The van der Waals surface area contributed by atoms with E-state index < -0.39 is 38.0 Å². The largest absolute Gasteiger partial charge is 0.300 e. The zero-order valence-electron chi connectivity index (χ0n) is 7.17. The first-order valence-electron chi connectivity index (χ1n) is 3.56. The van der Waals surface area contributed by atoms with Gasteiger partial charge in [0, 0.05) is 5.56 Å². The zero-order valence-corrected chi connectivity index (χ0v) is 7.98. The van der Waals surface area contributed by atoms with Gasteiger partial charge in [0.15, 0.2) is 16.5 Å². The van der Waals surface area contributed by atoms with Crippen molar-refractivity contribution in [2.45, 2.75) is 4.90 Å². The molecule has 1 rings (SSSR count). The molecule has 0 radical (unpaired) electrons. The summed E-state index contributed by atoms with van der Waals surface area (Å²) in [4.78, 5) is -1.70. The molecule has 0 aromatic heterocycles. The molecule has 0 saturated heterocycles. The Labute approximate surface area is 83.6 Å². The average Bonchev–Trinajstić information content (AvgIpc) is 2.09. The Morgan fingerprint density at radius 1 is 1.27 bits per heavy atom. The molecule has 7 heteroatoms. The summed E-state index contributed by atoms with van der Waals surface area (Å²) in [5.74, 6) is -5.13. The number of halogens is 3. The lowest BCUT2D eigenvalue weighted by Crippen LogP contribution is -2.08. The van der Waals surface area contributed by atoms with Crippen molar-refractivity contribution in [3.05, 3.63) is 35.7 Å². The molecule has 0 atom stereocenters. The molecule has 0 spiro atoms. The van der Waals surface area contributed by atoms with Crippen molar-refractivity contribution < 1.29 is 26.1 Å². The minimum atomic E-state index is -5.14. The highest BCUT2D eigenvalue weighted by atomic mass is 32.2. The van der Waals surface area contributed by atoms with E-state index in [1.165, 1.54) is 0 Å². The monoisotopic (exact) mass is 238 g/mol. The summed E-state index contributed by atoms with van der Waals surface area (Å²) in [5, 5.41) is 0. The molecule has 0 unspecified atom stereocenters. The Morgan fingerprint density at radius 3 is 2.20 bits per heavy atom. The first kappa shape index (κ1) is 11.7. The highest BCUT2D eigenvalue weighted by molar-refractivity contribution is 7.85. The van der Waals surface area contributed by atoms with Crippen LogP contribution in [0.1, 0.15) is 5.56 Å². The van der Waals surface area contributed by atoms with E-state index >= 15 is 0 Å². The van der Waals surface area contributed by atoms with Crippen LogP contribution in [0.3, 0.4) is 0 Å². The third kappa shape index (κ3) is 2.02. The first-order valence-corrected chi connectivity index (χ1v) is 5.00. The summed E-state index contributed by atoms with van der Waals surface area (Å²) >= 11 is 0. The van der Waals surface area contributed by atoms with Crippen molar-refractivity contribution in [1.82, 2.24) is 0 Å². The van der Waals surface area contributed by atoms with E-state index in [1.54, 1.807) is 0 Å². The predicted molar refractivity (Wildman–Crippen MR) is 46.2 cm³/mol. The molecule has 1 aromatic rings. The molecule has 0 heterocycles. The Hall–Kier alpha value is -1.34. The van der Waals surface area contributed by atoms with Crippen LogP contribution >= 0.6 is 0 Å². The van der Waals surface area contributed by atoms with Crippen molar-refractivity contribution in [3.63, 3.8) is 0 Å². The maximum atomic E-state index is 13.0. The summed E-state index contributed by atoms with van der Waals surface area (Å²) in [6.45, 7) is 3.08. The molecule has 3 nitrogen and oxygen atoms in total. The molecular formula is C8H5F3O3S. The number of benzene rings is 1. The van der Waals surface area contributed by atoms with Gasteiger partial charge in [-0.3, -0.25) is 4.55 Å². The summed E-state index contributed by atoms with van der Waals surface area (Å²) in [6.07, 6.45) is 0.815. The van der Waals surface area contributed by atoms with Gasteiger partial charge in [-0.15, -0.1) is 0 Å². The van der Waals surface area contributed by atoms with E-state index in [9.17, 15) is 21.6 Å². The maximum Gasteiger partial charge on any atom is 0.300 e. The zero-order chi connectivity index (χ0) is 11.8. The molecule has 0 amide bonds. The van der Waals surface area contributed by atoms with Crippen molar-refractivity contribution in [1.29, 1.82) is 0 Å². The number of hydrogen-bond acceptors (Lipinski definition) is 2. The van der Waals surface area contributed by atoms with E-state index in [0.717, 1.165) is 6.08 Å². The highest BCUT2D eigenvalue weighted by Crippen LogP contribution is 2.24. The highest BCUT2D eigenvalue weighted by Gasteiger charge is 2.26. The fraction of sp³-hybridized carbons (Fsp3) is 0. The van der Waals surface area contributed by atoms with Gasteiger partial charge in [-0.2, -0.15) is 8.42 Å². The van der Waals surface area contributed by atoms with Crippen LogP contribution in [-0.4, -0.2) is 13.0 Å². The first-order chi connectivity index (χ1) is 6.79. The van der Waals surface area contributed by atoms with Gasteiger partial charge in [0.1, 0.15) is 5.82 Å². The molecule has 1 aromatic carbocycles. The van der Waals surface area contributed by atoms with Crippen LogP contribution in [0.15, 0.2) is 17.5 Å². The maximum absolute atomic E-state index is 13.0. The molecule has 1 N–H and O–H groups in total. The summed E-state index contributed by atoms with van der Waals surface area (Å²) in [6, 6.07) is 0.425. The molecule has 82 valence electrons. The molecule has 0 fully saturated rings. The minimum absolute atomic E-state index is 0.425. The Bertz CT molecular complexity index is 522. The molecule has 0 bridgehead atoms. The third-order valence-corrected chi connectivity index (χ3v) is 2.51. The summed E-state index contributed by atoms with van der Waals surface area (Å²) < 4.78 is 68.4. The van der Waals surface area contributed by atoms with Gasteiger partial charge in [0.05, 0.1) is 0 Å². The van der Waals surface area contributed by atoms with E-state index in [4.69, 9.17) is 4.55 Å². The van der Waals surface area contributed by atoms with Gasteiger partial charge in [0.2, 0.25) is 0 Å². The van der Waals surface area contributed by atoms with Gasteiger partial charge in [-0.1, -0.05) is 12.7 Å². The normalized spacial score (nSPS) is 11.5. The standard InChI is InChI=1S/C8H5F3O3S/c1-2-4-3-5(9)8(15(12,13)14)7(11)6(4)10/h2-3H,1H2,(H,12,13,14). The second kappa shape index (κ2) is 3.67. The Balaban J connectivity index is 3.72. The van der Waals surface area contributed by atoms with Gasteiger partial charge in [-0.25, -0.2) is 13.2 Å².